The molecule has 3 N–H and O–H groups in total. The normalized spacial score (nSPS) is 15.6. The van der Waals surface area contributed by atoms with Crippen LogP contribution < -0.4 is 20.4 Å². The second kappa shape index (κ2) is 9.56. The third kappa shape index (κ3) is 4.95. The first-order valence-corrected chi connectivity index (χ1v) is 10.3. The van der Waals surface area contributed by atoms with E-state index in [2.05, 4.69) is 47.6 Å². The van der Waals surface area contributed by atoms with Crippen LogP contribution >= 0.6 is 0 Å². The number of imide groups is 1. The molecule has 0 spiro atoms. The highest BCUT2D eigenvalue weighted by Gasteiger charge is 2.35. The van der Waals surface area contributed by atoms with Crippen LogP contribution in [0.25, 0.3) is 0 Å². The zero-order valence-electron chi connectivity index (χ0n) is 17.5. The number of rotatable bonds is 5. The number of piperazine rings is 1. The minimum absolute atomic E-state index is 0.252. The van der Waals surface area contributed by atoms with E-state index < -0.39 is 12.1 Å². The van der Waals surface area contributed by atoms with Crippen molar-refractivity contribution in [2.75, 3.05) is 37.6 Å². The molecule has 3 rings (SSSR count). The number of aryl methyl sites for hydroxylation is 1. The first-order chi connectivity index (χ1) is 14.0. The lowest BCUT2D eigenvalue weighted by Crippen LogP contribution is -3.16. The Labute approximate surface area is 172 Å². The monoisotopic (exact) mass is 395 g/mol. The van der Waals surface area contributed by atoms with E-state index in [1.807, 2.05) is 37.3 Å². The van der Waals surface area contributed by atoms with E-state index in [9.17, 15) is 9.59 Å². The minimum atomic E-state index is -0.438. The van der Waals surface area contributed by atoms with Crippen LogP contribution in [0, 0.1) is 13.8 Å². The molecule has 0 aromatic heterocycles. The molecule has 3 amide bonds. The molecule has 2 aromatic carbocycles. The van der Waals surface area contributed by atoms with Crippen molar-refractivity contribution in [1.29, 1.82) is 0 Å². The first-order valence-electron chi connectivity index (χ1n) is 10.3. The number of benzene rings is 2. The molecule has 1 heterocycles. The standard InChI is InChI=1S/C23H30N4O2/c1-4-24-23(29)25-22(28)21(19-10-6-5-7-11-19)27-15-13-26(14-16-27)20-12-8-9-17(2)18(20)3/h5-12,21H,4,13-16H2,1-3H3,(H2,24,25,28,29)/p+1/t21-/m1/s1. The maximum absolute atomic E-state index is 13.0. The van der Waals surface area contributed by atoms with Crippen LogP contribution in [0.4, 0.5) is 10.5 Å². The Hall–Kier alpha value is -2.86. The van der Waals surface area contributed by atoms with Crippen molar-refractivity contribution in [2.24, 2.45) is 0 Å². The van der Waals surface area contributed by atoms with E-state index in [-0.39, 0.29) is 5.91 Å². The molecule has 1 aliphatic rings. The van der Waals surface area contributed by atoms with E-state index in [1.54, 1.807) is 0 Å². The fourth-order valence-corrected chi connectivity index (χ4v) is 4.01. The molecule has 6 nitrogen and oxygen atoms in total. The lowest BCUT2D eigenvalue weighted by atomic mass is 10.0. The summed E-state index contributed by atoms with van der Waals surface area (Å²) in [5, 5.41) is 5.15. The molecule has 0 aliphatic carbocycles. The number of amides is 3. The number of carbonyl (C=O) groups excluding carboxylic acids is 2. The summed E-state index contributed by atoms with van der Waals surface area (Å²) in [6.07, 6.45) is 0. The van der Waals surface area contributed by atoms with Crippen molar-refractivity contribution >= 4 is 17.6 Å². The third-order valence-electron chi connectivity index (χ3n) is 5.70. The van der Waals surface area contributed by atoms with Gasteiger partial charge in [0, 0.05) is 17.8 Å². The predicted molar refractivity (Wildman–Crippen MR) is 115 cm³/mol. The number of hydrogen-bond donors (Lipinski definition) is 3. The topological polar surface area (TPSA) is 65.9 Å². The Bertz CT molecular complexity index is 845. The maximum Gasteiger partial charge on any atom is 0.321 e. The van der Waals surface area contributed by atoms with E-state index in [1.165, 1.54) is 21.7 Å². The van der Waals surface area contributed by atoms with Gasteiger partial charge in [0.15, 0.2) is 6.04 Å². The van der Waals surface area contributed by atoms with E-state index >= 15 is 0 Å². The highest BCUT2D eigenvalue weighted by atomic mass is 16.2. The van der Waals surface area contributed by atoms with Crippen molar-refractivity contribution < 1.29 is 14.5 Å². The van der Waals surface area contributed by atoms with Gasteiger partial charge in [0.1, 0.15) is 0 Å². The van der Waals surface area contributed by atoms with Gasteiger partial charge in [-0.25, -0.2) is 4.79 Å². The van der Waals surface area contributed by atoms with Crippen LogP contribution in [0.1, 0.15) is 29.7 Å². The largest absolute Gasteiger partial charge is 0.360 e. The van der Waals surface area contributed by atoms with Crippen LogP contribution in [0.5, 0.6) is 0 Å². The molecular weight excluding hydrogens is 364 g/mol. The highest BCUT2D eigenvalue weighted by Crippen LogP contribution is 2.23. The number of urea groups is 1. The average Bonchev–Trinajstić information content (AvgIpc) is 2.72. The van der Waals surface area contributed by atoms with Crippen molar-refractivity contribution in [3.63, 3.8) is 0 Å². The van der Waals surface area contributed by atoms with Crippen molar-refractivity contribution in [2.45, 2.75) is 26.8 Å². The smallest absolute Gasteiger partial charge is 0.321 e. The van der Waals surface area contributed by atoms with Crippen molar-refractivity contribution in [3.05, 3.63) is 65.2 Å². The van der Waals surface area contributed by atoms with Gasteiger partial charge in [-0.1, -0.05) is 42.5 Å². The van der Waals surface area contributed by atoms with E-state index in [0.717, 1.165) is 31.7 Å². The van der Waals surface area contributed by atoms with Crippen molar-refractivity contribution in [1.82, 2.24) is 10.6 Å². The second-order valence-corrected chi connectivity index (χ2v) is 7.56. The van der Waals surface area contributed by atoms with Gasteiger partial charge in [0.2, 0.25) is 0 Å². The van der Waals surface area contributed by atoms with Crippen LogP contribution in [0.15, 0.2) is 48.5 Å². The zero-order chi connectivity index (χ0) is 20.8. The molecule has 1 aliphatic heterocycles. The predicted octanol–water partition coefficient (Wildman–Crippen LogP) is 1.60. The summed E-state index contributed by atoms with van der Waals surface area (Å²) >= 11 is 0. The van der Waals surface area contributed by atoms with E-state index in [0.29, 0.717) is 6.54 Å². The summed E-state index contributed by atoms with van der Waals surface area (Å²) in [6.45, 7) is 10.0. The van der Waals surface area contributed by atoms with Gasteiger partial charge < -0.3 is 15.1 Å². The first kappa shape index (κ1) is 20.9. The average molecular weight is 396 g/mol. The van der Waals surface area contributed by atoms with E-state index in [4.69, 9.17) is 0 Å². The van der Waals surface area contributed by atoms with Crippen LogP contribution in [0.3, 0.4) is 0 Å². The number of nitrogens with zero attached hydrogens (tertiary/aromatic N) is 1. The number of anilines is 1. The van der Waals surface area contributed by atoms with Gasteiger partial charge in [0.05, 0.1) is 26.2 Å². The number of carbonyl (C=O) groups is 2. The summed E-state index contributed by atoms with van der Waals surface area (Å²) < 4.78 is 0. The molecule has 0 radical (unpaired) electrons. The molecule has 29 heavy (non-hydrogen) atoms. The summed E-state index contributed by atoms with van der Waals surface area (Å²) in [4.78, 5) is 28.5. The minimum Gasteiger partial charge on any atom is -0.360 e. The zero-order valence-corrected chi connectivity index (χ0v) is 17.5. The molecule has 1 fully saturated rings. The molecule has 1 saturated heterocycles. The maximum atomic E-state index is 13.0. The molecule has 0 bridgehead atoms. The lowest BCUT2D eigenvalue weighted by molar-refractivity contribution is -0.922. The number of hydrogen-bond acceptors (Lipinski definition) is 3. The quantitative estimate of drug-likeness (QED) is 0.720. The number of nitrogens with one attached hydrogen (secondary N) is 3. The van der Waals surface area contributed by atoms with Gasteiger partial charge in [0.25, 0.3) is 5.91 Å². The van der Waals surface area contributed by atoms with Crippen LogP contribution in [0.2, 0.25) is 0 Å². The summed E-state index contributed by atoms with van der Waals surface area (Å²) in [5.74, 6) is -0.252. The Morgan fingerprint density at radius 2 is 1.72 bits per heavy atom. The summed E-state index contributed by atoms with van der Waals surface area (Å²) in [5.41, 5.74) is 4.81. The Morgan fingerprint density at radius 3 is 2.38 bits per heavy atom. The summed E-state index contributed by atoms with van der Waals surface area (Å²) in [6, 6.07) is 15.3. The molecule has 0 unspecified atom stereocenters. The van der Waals surface area contributed by atoms with Gasteiger partial charge in [-0.3, -0.25) is 10.1 Å². The van der Waals surface area contributed by atoms with Crippen LogP contribution in [-0.2, 0) is 4.79 Å². The van der Waals surface area contributed by atoms with Gasteiger partial charge >= 0.3 is 6.03 Å². The number of quaternary nitrogens is 1. The lowest BCUT2D eigenvalue weighted by Gasteiger charge is -2.37. The SMILES string of the molecule is CCNC(=O)NC(=O)[C@@H](c1ccccc1)[NH+]1CCN(c2cccc(C)c2C)CC1. The highest BCUT2D eigenvalue weighted by molar-refractivity contribution is 5.96. The van der Waals surface area contributed by atoms with Crippen LogP contribution in [-0.4, -0.2) is 44.7 Å². The van der Waals surface area contributed by atoms with Gasteiger partial charge in [-0.15, -0.1) is 0 Å². The van der Waals surface area contributed by atoms with Gasteiger partial charge in [-0.05, 0) is 38.0 Å². The molecule has 1 atom stereocenters. The third-order valence-corrected chi connectivity index (χ3v) is 5.70. The fourth-order valence-electron chi connectivity index (χ4n) is 4.01. The van der Waals surface area contributed by atoms with Crippen molar-refractivity contribution in [3.8, 4) is 0 Å². The Kier molecular flexibility index (Phi) is 6.88. The molecule has 6 heteroatoms. The fraction of sp³-hybridized carbons (Fsp3) is 0.391. The Morgan fingerprint density at radius 1 is 1.03 bits per heavy atom. The molecular formula is C23H31N4O2+. The molecule has 154 valence electrons. The van der Waals surface area contributed by atoms with Gasteiger partial charge in [-0.2, -0.15) is 0 Å². The summed E-state index contributed by atoms with van der Waals surface area (Å²) in [7, 11) is 0. The Balaban J connectivity index is 1.75. The second-order valence-electron chi connectivity index (χ2n) is 7.56. The molecule has 2 aromatic rings. The molecule has 0 saturated carbocycles.